The third-order valence-electron chi connectivity index (χ3n) is 8.26. The van der Waals surface area contributed by atoms with Crippen LogP contribution >= 0.6 is 23.1 Å². The lowest BCUT2D eigenvalue weighted by atomic mass is 9.67. The van der Waals surface area contributed by atoms with Gasteiger partial charge in [-0.3, -0.25) is 19.3 Å². The molecular weight excluding hydrogens is 452 g/mol. The Morgan fingerprint density at radius 2 is 1.61 bits per heavy atom. The van der Waals surface area contributed by atoms with Crippen LogP contribution in [0.1, 0.15) is 28.3 Å². The largest absolute Gasteiger partial charge is 0.307 e. The number of thiazole rings is 1. The van der Waals surface area contributed by atoms with Crippen molar-refractivity contribution in [1.82, 2.24) is 4.98 Å². The van der Waals surface area contributed by atoms with Gasteiger partial charge in [-0.15, -0.1) is 11.8 Å². The molecule has 33 heavy (non-hydrogen) atoms. The van der Waals surface area contributed by atoms with Crippen LogP contribution in [0.15, 0.2) is 64.4 Å². The highest BCUT2D eigenvalue weighted by molar-refractivity contribution is 8.00. The summed E-state index contributed by atoms with van der Waals surface area (Å²) in [7, 11) is 0. The van der Waals surface area contributed by atoms with E-state index in [9.17, 15) is 14.4 Å². The minimum atomic E-state index is -0.256. The number of para-hydroxylation sites is 1. The Balaban J connectivity index is 1.36. The summed E-state index contributed by atoms with van der Waals surface area (Å²) in [5, 5.41) is 1.19. The summed E-state index contributed by atoms with van der Waals surface area (Å²) in [6, 6.07) is 17.7. The normalized spacial score (nSPS) is 33.8. The van der Waals surface area contributed by atoms with Crippen LogP contribution in [0, 0.1) is 36.5 Å². The molecule has 7 atom stereocenters. The van der Waals surface area contributed by atoms with Crippen LogP contribution < -0.4 is 9.77 Å². The zero-order valence-corrected chi connectivity index (χ0v) is 19.6. The molecule has 5 nitrogen and oxygen atoms in total. The molecule has 4 aliphatic rings. The van der Waals surface area contributed by atoms with Crippen molar-refractivity contribution in [3.63, 3.8) is 0 Å². The van der Waals surface area contributed by atoms with Gasteiger partial charge in [0.2, 0.25) is 11.8 Å². The van der Waals surface area contributed by atoms with Gasteiger partial charge in [-0.2, -0.15) is 0 Å². The van der Waals surface area contributed by atoms with Crippen molar-refractivity contribution >= 4 is 40.6 Å². The van der Waals surface area contributed by atoms with E-state index in [1.807, 2.05) is 36.4 Å². The van der Waals surface area contributed by atoms with Gasteiger partial charge in [-0.25, -0.2) is 0 Å². The summed E-state index contributed by atoms with van der Waals surface area (Å²) in [6.07, 6.45) is 0.916. The summed E-state index contributed by atoms with van der Waals surface area (Å²) < 4.78 is 0. The number of amides is 2. The molecule has 0 radical (unpaired) electrons. The summed E-state index contributed by atoms with van der Waals surface area (Å²) in [4.78, 5) is 45.2. The number of rotatable bonds is 2. The van der Waals surface area contributed by atoms with Crippen molar-refractivity contribution in [2.75, 3.05) is 4.90 Å². The van der Waals surface area contributed by atoms with Crippen LogP contribution in [0.3, 0.4) is 0 Å². The van der Waals surface area contributed by atoms with Gasteiger partial charge in [0.1, 0.15) is 0 Å². The van der Waals surface area contributed by atoms with Crippen LogP contribution in [0.25, 0.3) is 0 Å². The van der Waals surface area contributed by atoms with Crippen LogP contribution in [0.2, 0.25) is 0 Å². The Labute approximate surface area is 199 Å². The fourth-order valence-corrected chi connectivity index (χ4v) is 10.0. The molecular formula is C26H22N2O3S2. The van der Waals surface area contributed by atoms with E-state index in [2.05, 4.69) is 30.1 Å². The first kappa shape index (κ1) is 19.8. The van der Waals surface area contributed by atoms with Crippen LogP contribution in [-0.4, -0.2) is 22.0 Å². The molecule has 0 unspecified atom stereocenters. The van der Waals surface area contributed by atoms with E-state index in [0.29, 0.717) is 5.69 Å². The van der Waals surface area contributed by atoms with Gasteiger partial charge >= 0.3 is 4.87 Å². The molecule has 2 aliphatic carbocycles. The van der Waals surface area contributed by atoms with E-state index in [1.54, 1.807) is 11.8 Å². The second-order valence-corrected chi connectivity index (χ2v) is 11.9. The fraction of sp³-hybridized carbons (Fsp3) is 0.346. The molecule has 1 N–H and O–H groups in total. The number of hydrogen-bond acceptors (Lipinski definition) is 5. The van der Waals surface area contributed by atoms with Crippen LogP contribution in [0.4, 0.5) is 5.69 Å². The smallest absolute Gasteiger partial charge is 0.305 e. The van der Waals surface area contributed by atoms with E-state index in [0.717, 1.165) is 16.3 Å². The lowest BCUT2D eigenvalue weighted by Gasteiger charge is -2.43. The first-order chi connectivity index (χ1) is 16.0. The average Bonchev–Trinajstić information content (AvgIpc) is 3.54. The number of nitrogens with zero attached hydrogens (tertiary/aromatic N) is 1. The maximum atomic E-state index is 13.7. The summed E-state index contributed by atoms with van der Waals surface area (Å²) in [6.45, 7) is 2.12. The molecule has 3 aromatic rings. The molecule has 2 saturated carbocycles. The lowest BCUT2D eigenvalue weighted by molar-refractivity contribution is -0.123. The molecule has 2 aromatic carbocycles. The van der Waals surface area contributed by atoms with E-state index in [4.69, 9.17) is 0 Å². The Bertz CT molecular complexity index is 1360. The van der Waals surface area contributed by atoms with Gasteiger partial charge in [-0.05, 0) is 54.4 Å². The SMILES string of the molecule is Cc1ccccc1[C@H]1c2sc(=O)[nH]c2S[C@H]2[C@@H]3C[C@@H]([C@H]4C(=O)N(c5ccccc5)C(=O)[C@H]34)[C@@H]12. The number of aromatic nitrogens is 1. The zero-order chi connectivity index (χ0) is 22.4. The highest BCUT2D eigenvalue weighted by Crippen LogP contribution is 2.68. The molecule has 7 rings (SSSR count). The van der Waals surface area contributed by atoms with Gasteiger partial charge < -0.3 is 4.98 Å². The minimum absolute atomic E-state index is 0.0268. The van der Waals surface area contributed by atoms with Crippen LogP contribution in [-0.2, 0) is 9.59 Å². The number of carbonyl (C=O) groups excluding carboxylic acids is 2. The van der Waals surface area contributed by atoms with Crippen molar-refractivity contribution in [3.8, 4) is 0 Å². The number of aryl methyl sites for hydroxylation is 1. The maximum absolute atomic E-state index is 13.7. The molecule has 2 aliphatic heterocycles. The number of imide groups is 1. The first-order valence-corrected chi connectivity index (χ1v) is 13.1. The third kappa shape index (κ3) is 2.58. The highest BCUT2D eigenvalue weighted by atomic mass is 32.2. The molecule has 7 heteroatoms. The molecule has 1 aromatic heterocycles. The monoisotopic (exact) mass is 474 g/mol. The maximum Gasteiger partial charge on any atom is 0.305 e. The van der Waals surface area contributed by atoms with Gasteiger partial charge in [-0.1, -0.05) is 53.8 Å². The Hall–Kier alpha value is -2.64. The standard InChI is InChI=1S/C26H22N2O3S2/c1-12-7-5-6-10-14(12)17-18-15-11-16(21(18)32-23-22(17)33-26(31)27-23)20-19(15)24(29)28(25(20)30)13-8-3-2-4-9-13/h2-10,15-21H,11H2,1H3,(H,27,31)/t15-,16-,17-,18+,19-,20-,21+/m1/s1. The van der Waals surface area contributed by atoms with Crippen molar-refractivity contribution in [1.29, 1.82) is 0 Å². The summed E-state index contributed by atoms with van der Waals surface area (Å²) in [5.74, 6) is 0.0494. The molecule has 3 fully saturated rings. The molecule has 1 saturated heterocycles. The predicted octanol–water partition coefficient (Wildman–Crippen LogP) is 4.42. The van der Waals surface area contributed by atoms with Gasteiger partial charge in [0.25, 0.3) is 0 Å². The average molecular weight is 475 g/mol. The van der Waals surface area contributed by atoms with Crippen LogP contribution in [0.5, 0.6) is 0 Å². The number of thioether (sulfide) groups is 1. The van der Waals surface area contributed by atoms with Crippen molar-refractivity contribution in [2.24, 2.45) is 29.6 Å². The number of benzene rings is 2. The Kier molecular flexibility index (Phi) is 4.16. The highest BCUT2D eigenvalue weighted by Gasteiger charge is 2.69. The third-order valence-corrected chi connectivity index (χ3v) is 10.9. The lowest BCUT2D eigenvalue weighted by Crippen LogP contribution is -2.42. The second-order valence-electron chi connectivity index (χ2n) is 9.66. The Morgan fingerprint density at radius 1 is 0.909 bits per heavy atom. The van der Waals surface area contributed by atoms with Crippen molar-refractivity contribution < 1.29 is 9.59 Å². The molecule has 2 bridgehead atoms. The van der Waals surface area contributed by atoms with Gasteiger partial charge in [0.05, 0.1) is 22.5 Å². The number of H-pyrrole nitrogens is 1. The fourth-order valence-electron chi connectivity index (χ4n) is 7.13. The van der Waals surface area contributed by atoms with E-state index in [1.165, 1.54) is 27.4 Å². The topological polar surface area (TPSA) is 70.2 Å². The van der Waals surface area contributed by atoms with E-state index in [-0.39, 0.29) is 57.4 Å². The predicted molar refractivity (Wildman–Crippen MR) is 129 cm³/mol. The zero-order valence-electron chi connectivity index (χ0n) is 17.9. The quantitative estimate of drug-likeness (QED) is 0.558. The first-order valence-electron chi connectivity index (χ1n) is 11.4. The number of anilines is 1. The van der Waals surface area contributed by atoms with Crippen molar-refractivity contribution in [2.45, 2.75) is 29.5 Å². The number of fused-ring (bicyclic) bond motifs is 9. The number of nitrogens with one attached hydrogen (secondary N) is 1. The summed E-state index contributed by atoms with van der Waals surface area (Å²) >= 11 is 3.05. The van der Waals surface area contributed by atoms with Crippen molar-refractivity contribution in [3.05, 3.63) is 80.3 Å². The van der Waals surface area contributed by atoms with Gasteiger partial charge in [0.15, 0.2) is 0 Å². The second kappa shape index (κ2) is 6.93. The molecule has 0 spiro atoms. The minimum Gasteiger partial charge on any atom is -0.307 e. The number of hydrogen-bond donors (Lipinski definition) is 1. The molecule has 3 heterocycles. The Morgan fingerprint density at radius 3 is 2.36 bits per heavy atom. The number of carbonyl (C=O) groups is 2. The molecule has 2 amide bonds. The van der Waals surface area contributed by atoms with E-state index >= 15 is 0 Å². The molecule has 166 valence electrons. The van der Waals surface area contributed by atoms with E-state index < -0.39 is 0 Å². The summed E-state index contributed by atoms with van der Waals surface area (Å²) in [5.41, 5.74) is 3.12. The number of aromatic amines is 1. The van der Waals surface area contributed by atoms with Gasteiger partial charge in [0, 0.05) is 16.0 Å².